The predicted molar refractivity (Wildman–Crippen MR) is 139 cm³/mol. The zero-order chi connectivity index (χ0) is 27.2. The molecule has 0 bridgehead atoms. The standard InChI is InChI=1S/C28H35NO9/c1-34-25-7-5-21(6-8-25)17-23-3-2-4-26-22(19-27(32)37-15-13-35-11-9-30)18-24(29(23)26)20-28(33)38-16-14-36-12-10-31/h2-8,17-18,24,30-31H,9-16,19-20H2,1H3. The first-order valence-electron chi connectivity index (χ1n) is 12.5. The minimum atomic E-state index is -0.413. The van der Waals surface area contributed by atoms with Crippen LogP contribution in [-0.2, 0) is 28.5 Å². The molecule has 1 aromatic carbocycles. The second kappa shape index (κ2) is 15.7. The summed E-state index contributed by atoms with van der Waals surface area (Å²) in [6.45, 7) is 0.762. The molecule has 0 spiro atoms. The summed E-state index contributed by atoms with van der Waals surface area (Å²) in [6.07, 6.45) is 9.75. The van der Waals surface area contributed by atoms with E-state index in [1.54, 1.807) is 7.11 Å². The lowest BCUT2D eigenvalue weighted by Crippen LogP contribution is -2.31. The number of allylic oxidation sites excluding steroid dienone is 4. The normalized spacial score (nSPS) is 17.2. The first-order valence-corrected chi connectivity index (χ1v) is 12.5. The van der Waals surface area contributed by atoms with E-state index in [0.717, 1.165) is 28.3 Å². The summed E-state index contributed by atoms with van der Waals surface area (Å²) in [5.41, 5.74) is 3.36. The Hall–Kier alpha value is -3.44. The van der Waals surface area contributed by atoms with Crippen molar-refractivity contribution in [3.05, 3.63) is 71.1 Å². The molecule has 1 aromatic rings. The molecule has 0 amide bonds. The molecule has 0 saturated carbocycles. The van der Waals surface area contributed by atoms with Gasteiger partial charge >= 0.3 is 11.9 Å². The number of aliphatic hydroxyl groups excluding tert-OH is 2. The number of fused-ring (bicyclic) bond motifs is 1. The van der Waals surface area contributed by atoms with E-state index in [-0.39, 0.29) is 71.7 Å². The smallest absolute Gasteiger partial charge is 0.310 e. The van der Waals surface area contributed by atoms with Gasteiger partial charge in [0.15, 0.2) is 0 Å². The van der Waals surface area contributed by atoms with Gasteiger partial charge in [-0.2, -0.15) is 0 Å². The molecule has 2 heterocycles. The Morgan fingerprint density at radius 1 is 0.921 bits per heavy atom. The molecule has 10 heteroatoms. The number of rotatable bonds is 16. The van der Waals surface area contributed by atoms with Crippen LogP contribution in [0.5, 0.6) is 5.75 Å². The summed E-state index contributed by atoms with van der Waals surface area (Å²) in [4.78, 5) is 27.1. The van der Waals surface area contributed by atoms with Gasteiger partial charge in [0.05, 0.1) is 65.6 Å². The van der Waals surface area contributed by atoms with Gasteiger partial charge < -0.3 is 38.8 Å². The number of hydrogen-bond acceptors (Lipinski definition) is 10. The van der Waals surface area contributed by atoms with Crippen LogP contribution in [0, 0.1) is 0 Å². The van der Waals surface area contributed by atoms with Crippen molar-refractivity contribution in [1.82, 2.24) is 4.90 Å². The van der Waals surface area contributed by atoms with E-state index >= 15 is 0 Å². The van der Waals surface area contributed by atoms with Crippen molar-refractivity contribution in [2.24, 2.45) is 0 Å². The van der Waals surface area contributed by atoms with Crippen molar-refractivity contribution in [1.29, 1.82) is 0 Å². The van der Waals surface area contributed by atoms with Gasteiger partial charge in [-0.15, -0.1) is 0 Å². The second-order valence-electron chi connectivity index (χ2n) is 8.38. The van der Waals surface area contributed by atoms with Crippen LogP contribution in [0.3, 0.4) is 0 Å². The van der Waals surface area contributed by atoms with Gasteiger partial charge in [0, 0.05) is 11.4 Å². The highest BCUT2D eigenvalue weighted by Crippen LogP contribution is 2.38. The fraction of sp³-hybridized carbons (Fsp3) is 0.429. The highest BCUT2D eigenvalue weighted by atomic mass is 16.6. The van der Waals surface area contributed by atoms with Crippen LogP contribution in [0.25, 0.3) is 6.08 Å². The van der Waals surface area contributed by atoms with Crippen LogP contribution in [-0.4, -0.2) is 93.1 Å². The Bertz CT molecular complexity index is 1040. The van der Waals surface area contributed by atoms with Crippen molar-refractivity contribution in [3.63, 3.8) is 0 Å². The minimum absolute atomic E-state index is 0.0343. The van der Waals surface area contributed by atoms with E-state index in [2.05, 4.69) is 0 Å². The second-order valence-corrected chi connectivity index (χ2v) is 8.38. The van der Waals surface area contributed by atoms with Crippen molar-refractivity contribution in [2.45, 2.75) is 18.9 Å². The molecule has 2 aliphatic heterocycles. The summed E-state index contributed by atoms with van der Waals surface area (Å²) < 4.78 is 26.1. The fourth-order valence-corrected chi connectivity index (χ4v) is 4.05. The zero-order valence-electron chi connectivity index (χ0n) is 21.5. The molecule has 1 unspecified atom stereocenters. The topological polar surface area (TPSA) is 124 Å². The predicted octanol–water partition coefficient (Wildman–Crippen LogP) is 1.98. The molecule has 206 valence electrons. The maximum absolute atomic E-state index is 12.6. The van der Waals surface area contributed by atoms with Crippen LogP contribution >= 0.6 is 0 Å². The van der Waals surface area contributed by atoms with Gasteiger partial charge in [-0.3, -0.25) is 9.59 Å². The van der Waals surface area contributed by atoms with Crippen LogP contribution in [0.2, 0.25) is 0 Å². The van der Waals surface area contributed by atoms with E-state index in [9.17, 15) is 9.59 Å². The number of hydrogen-bond donors (Lipinski definition) is 2. The number of esters is 2. The third kappa shape index (κ3) is 8.84. The molecule has 2 aliphatic rings. The monoisotopic (exact) mass is 529 g/mol. The van der Waals surface area contributed by atoms with Gasteiger partial charge in [-0.1, -0.05) is 24.3 Å². The largest absolute Gasteiger partial charge is 0.497 e. The Morgan fingerprint density at radius 2 is 1.58 bits per heavy atom. The van der Waals surface area contributed by atoms with Crippen LogP contribution in [0.4, 0.5) is 0 Å². The molecule has 0 aliphatic carbocycles. The average Bonchev–Trinajstić information content (AvgIpc) is 3.26. The maximum Gasteiger partial charge on any atom is 0.310 e. The van der Waals surface area contributed by atoms with Crippen LogP contribution in [0.1, 0.15) is 18.4 Å². The van der Waals surface area contributed by atoms with E-state index < -0.39 is 11.9 Å². The maximum atomic E-state index is 12.6. The number of methoxy groups -OCH3 is 1. The minimum Gasteiger partial charge on any atom is -0.497 e. The first-order chi connectivity index (χ1) is 18.5. The molecular formula is C28H35NO9. The Labute approximate surface area is 222 Å². The summed E-state index contributed by atoms with van der Waals surface area (Å²) in [7, 11) is 1.61. The molecule has 0 aromatic heterocycles. The van der Waals surface area contributed by atoms with Gasteiger partial charge in [-0.25, -0.2) is 0 Å². The highest BCUT2D eigenvalue weighted by molar-refractivity contribution is 5.76. The Morgan fingerprint density at radius 3 is 2.21 bits per heavy atom. The molecule has 10 nitrogen and oxygen atoms in total. The third-order valence-corrected chi connectivity index (χ3v) is 5.71. The fourth-order valence-electron chi connectivity index (χ4n) is 4.05. The number of aliphatic hydroxyl groups is 2. The summed E-state index contributed by atoms with van der Waals surface area (Å²) in [5, 5.41) is 17.6. The lowest BCUT2D eigenvalue weighted by atomic mass is 10.1. The van der Waals surface area contributed by atoms with Gasteiger partial charge in [-0.05, 0) is 41.5 Å². The number of ether oxygens (including phenoxy) is 5. The first kappa shape index (κ1) is 29.1. The van der Waals surface area contributed by atoms with Crippen molar-refractivity contribution >= 4 is 18.0 Å². The molecule has 3 rings (SSSR count). The summed E-state index contributed by atoms with van der Waals surface area (Å²) in [5.74, 6) is -0.0634. The van der Waals surface area contributed by atoms with Crippen molar-refractivity contribution < 1.29 is 43.5 Å². The molecule has 0 fully saturated rings. The number of carbonyl (C=O) groups is 2. The van der Waals surface area contributed by atoms with E-state index in [1.165, 1.54) is 0 Å². The van der Waals surface area contributed by atoms with E-state index in [0.29, 0.717) is 0 Å². The molecule has 38 heavy (non-hydrogen) atoms. The molecule has 2 N–H and O–H groups in total. The van der Waals surface area contributed by atoms with Gasteiger partial charge in [0.25, 0.3) is 0 Å². The molecule has 0 radical (unpaired) electrons. The summed E-state index contributed by atoms with van der Waals surface area (Å²) in [6, 6.07) is 7.26. The number of nitrogens with zero attached hydrogens (tertiary/aromatic N) is 1. The van der Waals surface area contributed by atoms with Crippen molar-refractivity contribution in [2.75, 3.05) is 60.0 Å². The summed E-state index contributed by atoms with van der Waals surface area (Å²) >= 11 is 0. The molecule has 1 atom stereocenters. The number of benzene rings is 1. The zero-order valence-corrected chi connectivity index (χ0v) is 21.5. The highest BCUT2D eigenvalue weighted by Gasteiger charge is 2.34. The average molecular weight is 530 g/mol. The van der Waals surface area contributed by atoms with Crippen LogP contribution < -0.4 is 4.74 Å². The number of carbonyl (C=O) groups excluding carboxylic acids is 2. The SMILES string of the molecule is COc1ccc(C=C2C=CC=C3C(CC(=O)OCCOCCO)=CC(CC(=O)OCCOCCO)N23)cc1. The quantitative estimate of drug-likeness (QED) is 0.243. The lowest BCUT2D eigenvalue weighted by Gasteiger charge is -2.31. The van der Waals surface area contributed by atoms with E-state index in [1.807, 2.05) is 59.5 Å². The third-order valence-electron chi connectivity index (χ3n) is 5.71. The van der Waals surface area contributed by atoms with Gasteiger partial charge in [0.1, 0.15) is 19.0 Å². The van der Waals surface area contributed by atoms with Gasteiger partial charge in [0.2, 0.25) is 0 Å². The lowest BCUT2D eigenvalue weighted by molar-refractivity contribution is -0.146. The van der Waals surface area contributed by atoms with Crippen molar-refractivity contribution in [3.8, 4) is 5.75 Å². The van der Waals surface area contributed by atoms with Crippen LogP contribution in [0.15, 0.2) is 65.5 Å². The Kier molecular flexibility index (Phi) is 12.1. The molecular weight excluding hydrogens is 494 g/mol. The Balaban J connectivity index is 1.72. The van der Waals surface area contributed by atoms with E-state index in [4.69, 9.17) is 33.9 Å². The molecule has 0 saturated heterocycles.